The lowest BCUT2D eigenvalue weighted by molar-refractivity contribution is 0.603. The second-order valence-corrected chi connectivity index (χ2v) is 6.86. The van der Waals surface area contributed by atoms with Gasteiger partial charge in [0, 0.05) is 17.8 Å². The van der Waals surface area contributed by atoms with Crippen LogP contribution in [0.2, 0.25) is 0 Å². The summed E-state index contributed by atoms with van der Waals surface area (Å²) in [5, 5.41) is 8.61. The van der Waals surface area contributed by atoms with Crippen LogP contribution in [-0.2, 0) is 15.6 Å². The highest BCUT2D eigenvalue weighted by Gasteiger charge is 2.01. The van der Waals surface area contributed by atoms with Crippen LogP contribution < -0.4 is 0 Å². The third-order valence-electron chi connectivity index (χ3n) is 1.95. The van der Waals surface area contributed by atoms with Crippen molar-refractivity contribution >= 4 is 21.6 Å². The standard InChI is InChI=1S/C11H13NO2S2/c1-16(13,14)7-6-15-9-11-4-2-10(8-12)3-5-11/h2-5H,6-7,9H2,1H3. The van der Waals surface area contributed by atoms with Gasteiger partial charge in [0.05, 0.1) is 17.4 Å². The molecule has 1 aromatic rings. The third kappa shape index (κ3) is 5.19. The first-order chi connectivity index (χ1) is 7.51. The van der Waals surface area contributed by atoms with E-state index in [-0.39, 0.29) is 5.75 Å². The van der Waals surface area contributed by atoms with E-state index < -0.39 is 9.84 Å². The van der Waals surface area contributed by atoms with Crippen LogP contribution in [-0.4, -0.2) is 26.2 Å². The molecule has 0 aliphatic rings. The van der Waals surface area contributed by atoms with E-state index in [0.717, 1.165) is 11.3 Å². The van der Waals surface area contributed by atoms with Crippen LogP contribution in [0.25, 0.3) is 0 Å². The number of thioether (sulfide) groups is 1. The van der Waals surface area contributed by atoms with Gasteiger partial charge in [0.15, 0.2) is 0 Å². The van der Waals surface area contributed by atoms with E-state index in [1.807, 2.05) is 12.1 Å². The molecule has 0 heterocycles. The Kier molecular flexibility index (Phi) is 4.84. The highest BCUT2D eigenvalue weighted by molar-refractivity contribution is 7.99. The maximum absolute atomic E-state index is 10.9. The second-order valence-electron chi connectivity index (χ2n) is 3.49. The van der Waals surface area contributed by atoms with Gasteiger partial charge in [-0.3, -0.25) is 0 Å². The molecule has 0 spiro atoms. The average molecular weight is 255 g/mol. The van der Waals surface area contributed by atoms with Crippen LogP contribution in [0.1, 0.15) is 11.1 Å². The normalized spacial score (nSPS) is 11.0. The topological polar surface area (TPSA) is 57.9 Å². The monoisotopic (exact) mass is 255 g/mol. The first-order valence-corrected chi connectivity index (χ1v) is 7.97. The van der Waals surface area contributed by atoms with E-state index in [2.05, 4.69) is 6.07 Å². The fourth-order valence-electron chi connectivity index (χ4n) is 1.08. The Morgan fingerprint density at radius 3 is 2.44 bits per heavy atom. The molecule has 0 N–H and O–H groups in total. The predicted octanol–water partition coefficient (Wildman–Crippen LogP) is 1.84. The smallest absolute Gasteiger partial charge is 0.148 e. The van der Waals surface area contributed by atoms with Crippen LogP contribution in [0.3, 0.4) is 0 Å². The molecule has 5 heteroatoms. The van der Waals surface area contributed by atoms with Gasteiger partial charge in [-0.25, -0.2) is 8.42 Å². The molecular weight excluding hydrogens is 242 g/mol. The quantitative estimate of drug-likeness (QED) is 0.753. The van der Waals surface area contributed by atoms with Crippen LogP contribution in [0.4, 0.5) is 0 Å². The van der Waals surface area contributed by atoms with Crippen LogP contribution in [0.5, 0.6) is 0 Å². The molecule has 0 unspecified atom stereocenters. The summed E-state index contributed by atoms with van der Waals surface area (Å²) < 4.78 is 21.8. The summed E-state index contributed by atoms with van der Waals surface area (Å²) in [5.74, 6) is 1.61. The fourth-order valence-corrected chi connectivity index (χ4v) is 3.33. The number of hydrogen-bond acceptors (Lipinski definition) is 4. The number of sulfone groups is 1. The Bertz CT molecular complexity index is 472. The molecular formula is C11H13NO2S2. The highest BCUT2D eigenvalue weighted by atomic mass is 32.2. The molecule has 0 aromatic heterocycles. The van der Waals surface area contributed by atoms with E-state index >= 15 is 0 Å². The second kappa shape index (κ2) is 5.92. The molecule has 0 fully saturated rings. The lowest BCUT2D eigenvalue weighted by atomic mass is 10.2. The highest BCUT2D eigenvalue weighted by Crippen LogP contribution is 2.13. The Morgan fingerprint density at radius 1 is 1.31 bits per heavy atom. The molecule has 3 nitrogen and oxygen atoms in total. The van der Waals surface area contributed by atoms with E-state index in [1.165, 1.54) is 6.26 Å². The fraction of sp³-hybridized carbons (Fsp3) is 0.364. The van der Waals surface area contributed by atoms with Crippen molar-refractivity contribution in [1.29, 1.82) is 5.26 Å². The van der Waals surface area contributed by atoms with Gasteiger partial charge in [0.25, 0.3) is 0 Å². The molecule has 86 valence electrons. The van der Waals surface area contributed by atoms with Crippen molar-refractivity contribution in [2.24, 2.45) is 0 Å². The molecule has 0 aliphatic carbocycles. The zero-order chi connectivity index (χ0) is 12.0. The van der Waals surface area contributed by atoms with Gasteiger partial charge in [0.2, 0.25) is 0 Å². The Hall–Kier alpha value is -0.990. The number of benzene rings is 1. The third-order valence-corrected chi connectivity index (χ3v) is 4.18. The summed E-state index contributed by atoms with van der Waals surface area (Å²) in [6.07, 6.45) is 1.25. The molecule has 1 aromatic carbocycles. The van der Waals surface area contributed by atoms with Gasteiger partial charge >= 0.3 is 0 Å². The average Bonchev–Trinajstić information content (AvgIpc) is 2.24. The molecule has 0 amide bonds. The maximum atomic E-state index is 10.9. The minimum atomic E-state index is -2.85. The Balaban J connectivity index is 2.36. The van der Waals surface area contributed by atoms with Crippen molar-refractivity contribution in [3.05, 3.63) is 35.4 Å². The summed E-state index contributed by atoms with van der Waals surface area (Å²) in [6, 6.07) is 9.39. The number of rotatable bonds is 5. The van der Waals surface area contributed by atoms with Crippen molar-refractivity contribution in [3.8, 4) is 6.07 Å². The largest absolute Gasteiger partial charge is 0.229 e. The maximum Gasteiger partial charge on any atom is 0.148 e. The molecule has 0 aliphatic heterocycles. The van der Waals surface area contributed by atoms with Gasteiger partial charge in [0.1, 0.15) is 9.84 Å². The van der Waals surface area contributed by atoms with Crippen molar-refractivity contribution in [2.45, 2.75) is 5.75 Å². The number of nitrogens with zero attached hydrogens (tertiary/aromatic N) is 1. The van der Waals surface area contributed by atoms with Gasteiger partial charge in [-0.05, 0) is 17.7 Å². The van der Waals surface area contributed by atoms with Gasteiger partial charge in [-0.15, -0.1) is 0 Å². The lowest BCUT2D eigenvalue weighted by Crippen LogP contribution is -2.05. The Labute approximate surface area is 100 Å². The minimum absolute atomic E-state index is 0.216. The molecule has 1 rings (SSSR count). The zero-order valence-corrected chi connectivity index (χ0v) is 10.6. The number of hydrogen-bond donors (Lipinski definition) is 0. The first kappa shape index (κ1) is 13.1. The Morgan fingerprint density at radius 2 is 1.94 bits per heavy atom. The van der Waals surface area contributed by atoms with E-state index in [1.54, 1.807) is 23.9 Å². The SMILES string of the molecule is CS(=O)(=O)CCSCc1ccc(C#N)cc1. The summed E-state index contributed by atoms with van der Waals surface area (Å²) in [5.41, 5.74) is 1.75. The van der Waals surface area contributed by atoms with E-state index in [9.17, 15) is 8.42 Å². The summed E-state index contributed by atoms with van der Waals surface area (Å²) >= 11 is 1.58. The van der Waals surface area contributed by atoms with Gasteiger partial charge in [-0.2, -0.15) is 17.0 Å². The van der Waals surface area contributed by atoms with E-state index in [4.69, 9.17) is 5.26 Å². The van der Waals surface area contributed by atoms with Crippen LogP contribution in [0, 0.1) is 11.3 Å². The summed E-state index contributed by atoms with van der Waals surface area (Å²) in [7, 11) is -2.85. The minimum Gasteiger partial charge on any atom is -0.229 e. The molecule has 0 saturated carbocycles. The zero-order valence-electron chi connectivity index (χ0n) is 9.01. The van der Waals surface area contributed by atoms with Crippen LogP contribution in [0.15, 0.2) is 24.3 Å². The summed E-state index contributed by atoms with van der Waals surface area (Å²) in [6.45, 7) is 0. The van der Waals surface area contributed by atoms with Crippen LogP contribution >= 0.6 is 11.8 Å². The first-order valence-electron chi connectivity index (χ1n) is 4.76. The molecule has 16 heavy (non-hydrogen) atoms. The van der Waals surface area contributed by atoms with E-state index in [0.29, 0.717) is 11.3 Å². The van der Waals surface area contributed by atoms with Crippen molar-refractivity contribution < 1.29 is 8.42 Å². The van der Waals surface area contributed by atoms with Crippen molar-refractivity contribution in [1.82, 2.24) is 0 Å². The molecule has 0 bridgehead atoms. The summed E-state index contributed by atoms with van der Waals surface area (Å²) in [4.78, 5) is 0. The van der Waals surface area contributed by atoms with Gasteiger partial charge in [-0.1, -0.05) is 12.1 Å². The van der Waals surface area contributed by atoms with Crippen molar-refractivity contribution in [2.75, 3.05) is 17.8 Å². The van der Waals surface area contributed by atoms with Crippen molar-refractivity contribution in [3.63, 3.8) is 0 Å². The van der Waals surface area contributed by atoms with Gasteiger partial charge < -0.3 is 0 Å². The molecule has 0 radical (unpaired) electrons. The lowest BCUT2D eigenvalue weighted by Gasteiger charge is -2.01. The molecule has 0 atom stereocenters. The number of nitriles is 1. The molecule has 0 saturated heterocycles. The predicted molar refractivity (Wildman–Crippen MR) is 67.0 cm³/mol.